The molecule has 5 heteroatoms. The van der Waals surface area contributed by atoms with Crippen LogP contribution in [0.2, 0.25) is 5.02 Å². The van der Waals surface area contributed by atoms with E-state index in [4.69, 9.17) is 11.6 Å². The molecule has 0 radical (unpaired) electrons. The number of halogens is 1. The monoisotopic (exact) mass is 297 g/mol. The molecule has 0 heterocycles. The number of rotatable bonds is 8. The Bertz CT molecular complexity index is 462. The highest BCUT2D eigenvalue weighted by Crippen LogP contribution is 2.23. The van der Waals surface area contributed by atoms with Crippen LogP contribution < -0.4 is 5.32 Å². The minimum absolute atomic E-state index is 0.256. The molecule has 110 valence electrons. The van der Waals surface area contributed by atoms with E-state index in [1.807, 2.05) is 0 Å². The zero-order valence-corrected chi connectivity index (χ0v) is 12.3. The lowest BCUT2D eigenvalue weighted by molar-refractivity contribution is -0.142. The van der Waals surface area contributed by atoms with Gasteiger partial charge in [-0.3, -0.25) is 4.79 Å². The van der Waals surface area contributed by atoms with Gasteiger partial charge in [0.25, 0.3) is 0 Å². The number of nitrogens with one attached hydrogen (secondary N) is 1. The van der Waals surface area contributed by atoms with Crippen molar-refractivity contribution in [2.45, 2.75) is 45.1 Å². The van der Waals surface area contributed by atoms with Crippen LogP contribution in [-0.4, -0.2) is 17.0 Å². The third-order valence-corrected chi connectivity index (χ3v) is 3.37. The van der Waals surface area contributed by atoms with E-state index in [9.17, 15) is 14.7 Å². The molecule has 1 atom stereocenters. The lowest BCUT2D eigenvalue weighted by atomic mass is 10.1. The Labute approximate surface area is 124 Å². The largest absolute Gasteiger partial charge is 0.479 e. The zero-order valence-electron chi connectivity index (χ0n) is 11.6. The molecule has 1 aromatic carbocycles. The second-order valence-electron chi connectivity index (χ2n) is 4.67. The van der Waals surface area contributed by atoms with Crippen LogP contribution in [-0.2, 0) is 9.59 Å². The smallest absolute Gasteiger partial charge is 0.330 e. The minimum atomic E-state index is -1.11. The van der Waals surface area contributed by atoms with Crippen LogP contribution >= 0.6 is 11.6 Å². The van der Waals surface area contributed by atoms with Gasteiger partial charge >= 0.3 is 5.97 Å². The fraction of sp³-hybridized carbons (Fsp3) is 0.467. The van der Waals surface area contributed by atoms with E-state index in [-0.39, 0.29) is 5.91 Å². The van der Waals surface area contributed by atoms with Gasteiger partial charge in [0, 0.05) is 17.0 Å². The van der Waals surface area contributed by atoms with Crippen LogP contribution in [0.4, 0.5) is 0 Å². The maximum atomic E-state index is 11.8. The summed E-state index contributed by atoms with van der Waals surface area (Å²) < 4.78 is 0. The molecule has 0 unspecified atom stereocenters. The number of aliphatic carboxylic acids is 1. The molecule has 4 nitrogen and oxygen atoms in total. The van der Waals surface area contributed by atoms with Crippen molar-refractivity contribution in [3.8, 4) is 0 Å². The summed E-state index contributed by atoms with van der Waals surface area (Å²) >= 11 is 5.98. The number of carbonyl (C=O) groups is 2. The molecule has 0 spiro atoms. The molecule has 1 amide bonds. The van der Waals surface area contributed by atoms with E-state index < -0.39 is 12.0 Å². The molecule has 0 saturated heterocycles. The van der Waals surface area contributed by atoms with E-state index in [1.165, 1.54) is 0 Å². The molecule has 0 fully saturated rings. The molecule has 1 aromatic rings. The van der Waals surface area contributed by atoms with Gasteiger partial charge < -0.3 is 10.4 Å². The number of benzene rings is 1. The van der Waals surface area contributed by atoms with Crippen LogP contribution in [0.5, 0.6) is 0 Å². The average molecular weight is 298 g/mol. The number of hydrogen-bond donors (Lipinski definition) is 2. The highest BCUT2D eigenvalue weighted by atomic mass is 35.5. The van der Waals surface area contributed by atoms with Crippen molar-refractivity contribution in [2.75, 3.05) is 0 Å². The number of carboxylic acid groups (broad SMARTS) is 1. The highest BCUT2D eigenvalue weighted by molar-refractivity contribution is 6.31. The van der Waals surface area contributed by atoms with Gasteiger partial charge in [0.2, 0.25) is 5.91 Å². The molecule has 2 N–H and O–H groups in total. The van der Waals surface area contributed by atoms with E-state index in [0.717, 1.165) is 25.7 Å². The summed E-state index contributed by atoms with van der Waals surface area (Å²) in [5.41, 5.74) is 0.406. The van der Waals surface area contributed by atoms with E-state index in [1.54, 1.807) is 24.3 Å². The normalized spacial score (nSPS) is 11.9. The first-order valence-corrected chi connectivity index (χ1v) is 7.20. The van der Waals surface area contributed by atoms with Gasteiger partial charge in [0.05, 0.1) is 0 Å². The molecular formula is C15H20ClNO3. The fourth-order valence-electron chi connectivity index (χ4n) is 1.93. The maximum Gasteiger partial charge on any atom is 0.330 e. The lowest BCUT2D eigenvalue weighted by Crippen LogP contribution is -2.33. The SMILES string of the molecule is CCCCCCC(=O)N[C@@H](C(=O)O)c1ccccc1Cl. The standard InChI is InChI=1S/C15H20ClNO3/c1-2-3-4-5-10-13(18)17-14(15(19)20)11-8-6-7-9-12(11)16/h6-9,14H,2-5,10H2,1H3,(H,17,18)(H,19,20)/t14-/m1/s1. The Kier molecular flexibility index (Phi) is 7.09. The predicted molar refractivity (Wildman–Crippen MR) is 78.7 cm³/mol. The summed E-state index contributed by atoms with van der Waals surface area (Å²) in [6.07, 6.45) is 4.27. The molecule has 0 aliphatic heterocycles. The van der Waals surface area contributed by atoms with Gasteiger partial charge in [-0.25, -0.2) is 4.79 Å². The maximum absolute atomic E-state index is 11.8. The van der Waals surface area contributed by atoms with Crippen LogP contribution in [0.15, 0.2) is 24.3 Å². The third-order valence-electron chi connectivity index (χ3n) is 3.03. The quantitative estimate of drug-likeness (QED) is 0.721. The summed E-state index contributed by atoms with van der Waals surface area (Å²) in [4.78, 5) is 23.1. The van der Waals surface area contributed by atoms with Crippen LogP contribution in [0, 0.1) is 0 Å². The van der Waals surface area contributed by atoms with Crippen molar-refractivity contribution in [1.29, 1.82) is 0 Å². The van der Waals surface area contributed by atoms with Crippen LogP contribution in [0.3, 0.4) is 0 Å². The van der Waals surface area contributed by atoms with Gasteiger partial charge in [0.15, 0.2) is 6.04 Å². The zero-order chi connectivity index (χ0) is 15.0. The Morgan fingerprint density at radius 1 is 1.25 bits per heavy atom. The van der Waals surface area contributed by atoms with Gasteiger partial charge in [-0.1, -0.05) is 56.0 Å². The van der Waals surface area contributed by atoms with Crippen molar-refractivity contribution < 1.29 is 14.7 Å². The van der Waals surface area contributed by atoms with Crippen molar-refractivity contribution in [3.63, 3.8) is 0 Å². The Hall–Kier alpha value is -1.55. The Morgan fingerprint density at radius 3 is 2.55 bits per heavy atom. The molecule has 0 bridgehead atoms. The number of carboxylic acids is 1. The second-order valence-corrected chi connectivity index (χ2v) is 5.08. The van der Waals surface area contributed by atoms with Crippen molar-refractivity contribution >= 4 is 23.5 Å². The topological polar surface area (TPSA) is 66.4 Å². The number of carbonyl (C=O) groups excluding carboxylic acids is 1. The van der Waals surface area contributed by atoms with E-state index in [0.29, 0.717) is 17.0 Å². The molecule has 0 aliphatic carbocycles. The minimum Gasteiger partial charge on any atom is -0.479 e. The first-order chi connectivity index (χ1) is 9.56. The highest BCUT2D eigenvalue weighted by Gasteiger charge is 2.23. The number of amides is 1. The third kappa shape index (κ3) is 5.21. The van der Waals surface area contributed by atoms with E-state index in [2.05, 4.69) is 12.2 Å². The van der Waals surface area contributed by atoms with Gasteiger partial charge in [-0.05, 0) is 12.5 Å². The second kappa shape index (κ2) is 8.59. The van der Waals surface area contributed by atoms with E-state index >= 15 is 0 Å². The lowest BCUT2D eigenvalue weighted by Gasteiger charge is -2.16. The van der Waals surface area contributed by atoms with Gasteiger partial charge in [-0.2, -0.15) is 0 Å². The molecule has 0 saturated carbocycles. The number of hydrogen-bond acceptors (Lipinski definition) is 2. The molecule has 0 aliphatic rings. The van der Waals surface area contributed by atoms with Crippen molar-refractivity contribution in [1.82, 2.24) is 5.32 Å². The summed E-state index contributed by atoms with van der Waals surface area (Å²) in [6, 6.07) is 5.54. The fourth-order valence-corrected chi connectivity index (χ4v) is 2.17. The first kappa shape index (κ1) is 16.5. The Balaban J connectivity index is 2.62. The van der Waals surface area contributed by atoms with Gasteiger partial charge in [-0.15, -0.1) is 0 Å². The molecule has 0 aromatic heterocycles. The summed E-state index contributed by atoms with van der Waals surface area (Å²) in [5, 5.41) is 12.1. The average Bonchev–Trinajstić information content (AvgIpc) is 2.42. The first-order valence-electron chi connectivity index (χ1n) is 6.82. The van der Waals surface area contributed by atoms with Crippen molar-refractivity contribution in [3.05, 3.63) is 34.9 Å². The van der Waals surface area contributed by atoms with Crippen LogP contribution in [0.1, 0.15) is 50.6 Å². The van der Waals surface area contributed by atoms with Crippen molar-refractivity contribution in [2.24, 2.45) is 0 Å². The van der Waals surface area contributed by atoms with Crippen LogP contribution in [0.25, 0.3) is 0 Å². The summed E-state index contributed by atoms with van der Waals surface area (Å²) in [6.45, 7) is 2.10. The molecule has 1 rings (SSSR count). The summed E-state index contributed by atoms with van der Waals surface area (Å²) in [7, 11) is 0. The predicted octanol–water partition coefficient (Wildman–Crippen LogP) is 3.55. The number of unbranched alkanes of at least 4 members (excludes halogenated alkanes) is 3. The molecular weight excluding hydrogens is 278 g/mol. The summed E-state index contributed by atoms with van der Waals surface area (Å²) in [5.74, 6) is -1.37. The Morgan fingerprint density at radius 2 is 1.95 bits per heavy atom. The van der Waals surface area contributed by atoms with Gasteiger partial charge in [0.1, 0.15) is 0 Å². The molecule has 20 heavy (non-hydrogen) atoms.